The van der Waals surface area contributed by atoms with Crippen LogP contribution < -0.4 is 0 Å². The first kappa shape index (κ1) is 15.3. The molecule has 0 aliphatic carbocycles. The van der Waals surface area contributed by atoms with Crippen molar-refractivity contribution in [2.24, 2.45) is 5.41 Å². The van der Waals surface area contributed by atoms with Crippen LogP contribution in [0.5, 0.6) is 0 Å². The SMILES string of the molecule is CC1(C)CCN(CC(O)c2cccc(C(F)(F)F)c2)C1. The van der Waals surface area contributed by atoms with E-state index in [9.17, 15) is 18.3 Å². The maximum absolute atomic E-state index is 12.6. The van der Waals surface area contributed by atoms with Crippen molar-refractivity contribution in [3.05, 3.63) is 35.4 Å². The Labute approximate surface area is 117 Å². The lowest BCUT2D eigenvalue weighted by atomic mass is 9.93. The Balaban J connectivity index is 2.05. The molecular weight excluding hydrogens is 267 g/mol. The minimum Gasteiger partial charge on any atom is -0.387 e. The van der Waals surface area contributed by atoms with Crippen LogP contribution in [0.2, 0.25) is 0 Å². The van der Waals surface area contributed by atoms with E-state index < -0.39 is 17.8 Å². The van der Waals surface area contributed by atoms with Crippen molar-refractivity contribution in [2.75, 3.05) is 19.6 Å². The molecule has 0 aromatic heterocycles. The van der Waals surface area contributed by atoms with Crippen LogP contribution in [-0.4, -0.2) is 29.6 Å². The molecule has 112 valence electrons. The first-order chi connectivity index (χ1) is 9.17. The van der Waals surface area contributed by atoms with Crippen LogP contribution in [0.1, 0.15) is 37.5 Å². The quantitative estimate of drug-likeness (QED) is 0.920. The molecule has 2 rings (SSSR count). The van der Waals surface area contributed by atoms with E-state index in [0.29, 0.717) is 12.1 Å². The van der Waals surface area contributed by atoms with Gasteiger partial charge in [-0.3, -0.25) is 4.90 Å². The fourth-order valence-electron chi connectivity index (χ4n) is 2.65. The normalized spacial score (nSPS) is 21.1. The Morgan fingerprint density at radius 2 is 2.05 bits per heavy atom. The van der Waals surface area contributed by atoms with Gasteiger partial charge >= 0.3 is 6.18 Å². The number of β-amino-alcohol motifs (C(OH)–C–C–N with tert-alkyl or cyclic N) is 1. The average Bonchev–Trinajstić information content (AvgIpc) is 2.68. The molecule has 0 amide bonds. The van der Waals surface area contributed by atoms with Gasteiger partial charge in [0.15, 0.2) is 0 Å². The second kappa shape index (κ2) is 5.37. The van der Waals surface area contributed by atoms with E-state index in [-0.39, 0.29) is 5.41 Å². The molecule has 1 heterocycles. The van der Waals surface area contributed by atoms with Gasteiger partial charge in [0, 0.05) is 13.1 Å². The number of nitrogens with zero attached hydrogens (tertiary/aromatic N) is 1. The predicted octanol–water partition coefficient (Wildman–Crippen LogP) is 3.47. The van der Waals surface area contributed by atoms with Crippen molar-refractivity contribution < 1.29 is 18.3 Å². The molecule has 5 heteroatoms. The molecule has 1 aromatic carbocycles. The van der Waals surface area contributed by atoms with E-state index in [1.54, 1.807) is 6.07 Å². The third-order valence-electron chi connectivity index (χ3n) is 3.79. The second-order valence-corrected chi connectivity index (χ2v) is 6.29. The number of benzene rings is 1. The summed E-state index contributed by atoms with van der Waals surface area (Å²) in [7, 11) is 0. The molecule has 1 saturated heterocycles. The number of aliphatic hydroxyl groups excluding tert-OH is 1. The van der Waals surface area contributed by atoms with Crippen molar-refractivity contribution in [1.29, 1.82) is 0 Å². The summed E-state index contributed by atoms with van der Waals surface area (Å²) in [4.78, 5) is 2.10. The first-order valence-electron chi connectivity index (χ1n) is 6.75. The Morgan fingerprint density at radius 1 is 1.35 bits per heavy atom. The molecular formula is C15H20F3NO. The Morgan fingerprint density at radius 3 is 2.60 bits per heavy atom. The summed E-state index contributed by atoms with van der Waals surface area (Å²) < 4.78 is 37.9. The van der Waals surface area contributed by atoms with Crippen molar-refractivity contribution in [3.63, 3.8) is 0 Å². The lowest BCUT2D eigenvalue weighted by Crippen LogP contribution is -2.28. The van der Waals surface area contributed by atoms with Gasteiger partial charge in [0.2, 0.25) is 0 Å². The molecule has 1 N–H and O–H groups in total. The van der Waals surface area contributed by atoms with E-state index in [0.717, 1.165) is 31.6 Å². The number of rotatable bonds is 3. The lowest BCUT2D eigenvalue weighted by Gasteiger charge is -2.23. The van der Waals surface area contributed by atoms with Gasteiger partial charge in [0.25, 0.3) is 0 Å². The van der Waals surface area contributed by atoms with Gasteiger partial charge in [-0.25, -0.2) is 0 Å². The smallest absolute Gasteiger partial charge is 0.387 e. The number of likely N-dealkylation sites (tertiary alicyclic amines) is 1. The Hall–Kier alpha value is -1.07. The van der Waals surface area contributed by atoms with Gasteiger partial charge in [-0.2, -0.15) is 13.2 Å². The van der Waals surface area contributed by atoms with Crippen LogP contribution in [0.25, 0.3) is 0 Å². The highest BCUT2D eigenvalue weighted by molar-refractivity contribution is 5.27. The highest BCUT2D eigenvalue weighted by Crippen LogP contribution is 2.32. The van der Waals surface area contributed by atoms with E-state index in [2.05, 4.69) is 18.7 Å². The summed E-state index contributed by atoms with van der Waals surface area (Å²) in [5.74, 6) is 0. The molecule has 1 atom stereocenters. The van der Waals surface area contributed by atoms with Gasteiger partial charge in [0.1, 0.15) is 0 Å². The molecule has 1 aromatic rings. The monoisotopic (exact) mass is 287 g/mol. The summed E-state index contributed by atoms with van der Waals surface area (Å²) in [6, 6.07) is 4.94. The van der Waals surface area contributed by atoms with Crippen LogP contribution in [0.3, 0.4) is 0 Å². The van der Waals surface area contributed by atoms with Gasteiger partial charge in [-0.15, -0.1) is 0 Å². The highest BCUT2D eigenvalue weighted by atomic mass is 19.4. The highest BCUT2D eigenvalue weighted by Gasteiger charge is 2.32. The molecule has 1 aliphatic heterocycles. The van der Waals surface area contributed by atoms with Crippen LogP contribution in [0.15, 0.2) is 24.3 Å². The van der Waals surface area contributed by atoms with Gasteiger partial charge in [-0.05, 0) is 36.1 Å². The summed E-state index contributed by atoms with van der Waals surface area (Å²) in [5.41, 5.74) is -0.173. The number of alkyl halides is 3. The number of hydrogen-bond acceptors (Lipinski definition) is 2. The fourth-order valence-corrected chi connectivity index (χ4v) is 2.65. The Kier molecular flexibility index (Phi) is 4.12. The van der Waals surface area contributed by atoms with Crippen molar-refractivity contribution in [3.8, 4) is 0 Å². The predicted molar refractivity (Wildman–Crippen MR) is 71.2 cm³/mol. The molecule has 0 saturated carbocycles. The molecule has 1 unspecified atom stereocenters. The number of hydrogen-bond donors (Lipinski definition) is 1. The topological polar surface area (TPSA) is 23.5 Å². The average molecular weight is 287 g/mol. The molecule has 2 nitrogen and oxygen atoms in total. The van der Waals surface area contributed by atoms with Crippen LogP contribution in [0.4, 0.5) is 13.2 Å². The van der Waals surface area contributed by atoms with Gasteiger partial charge < -0.3 is 5.11 Å². The molecule has 1 fully saturated rings. The minimum absolute atomic E-state index is 0.216. The molecule has 0 bridgehead atoms. The maximum Gasteiger partial charge on any atom is 0.416 e. The third kappa shape index (κ3) is 3.73. The van der Waals surface area contributed by atoms with E-state index >= 15 is 0 Å². The van der Waals surface area contributed by atoms with Crippen molar-refractivity contribution in [1.82, 2.24) is 4.90 Å². The molecule has 20 heavy (non-hydrogen) atoms. The minimum atomic E-state index is -4.37. The van der Waals surface area contributed by atoms with Crippen molar-refractivity contribution >= 4 is 0 Å². The zero-order valence-corrected chi connectivity index (χ0v) is 11.7. The van der Waals surface area contributed by atoms with Crippen molar-refractivity contribution in [2.45, 2.75) is 32.5 Å². The molecule has 0 radical (unpaired) electrons. The molecule has 1 aliphatic rings. The summed E-state index contributed by atoms with van der Waals surface area (Å²) in [6.07, 6.45) is -4.21. The van der Waals surface area contributed by atoms with Gasteiger partial charge in [-0.1, -0.05) is 26.0 Å². The summed E-state index contributed by atoms with van der Waals surface area (Å²) in [5, 5.41) is 10.1. The first-order valence-corrected chi connectivity index (χ1v) is 6.75. The van der Waals surface area contributed by atoms with E-state index in [1.165, 1.54) is 6.07 Å². The standard InChI is InChI=1S/C15H20F3NO/c1-14(2)6-7-19(10-14)9-13(20)11-4-3-5-12(8-11)15(16,17)18/h3-5,8,13,20H,6-7,9-10H2,1-2H3. The second-order valence-electron chi connectivity index (χ2n) is 6.29. The zero-order chi connectivity index (χ0) is 15.0. The van der Waals surface area contributed by atoms with E-state index in [1.807, 2.05) is 0 Å². The van der Waals surface area contributed by atoms with Crippen LogP contribution >= 0.6 is 0 Å². The van der Waals surface area contributed by atoms with Gasteiger partial charge in [0.05, 0.1) is 11.7 Å². The van der Waals surface area contributed by atoms with Crippen LogP contribution in [0, 0.1) is 5.41 Å². The Bertz CT molecular complexity index is 470. The summed E-state index contributed by atoms with van der Waals surface area (Å²) >= 11 is 0. The van der Waals surface area contributed by atoms with Crippen LogP contribution in [-0.2, 0) is 6.18 Å². The lowest BCUT2D eigenvalue weighted by molar-refractivity contribution is -0.137. The zero-order valence-electron chi connectivity index (χ0n) is 11.7. The maximum atomic E-state index is 12.6. The third-order valence-corrected chi connectivity index (χ3v) is 3.79. The number of aliphatic hydroxyl groups is 1. The molecule has 0 spiro atoms. The number of halogens is 3. The largest absolute Gasteiger partial charge is 0.416 e. The summed E-state index contributed by atoms with van der Waals surface area (Å²) in [6.45, 7) is 6.43. The van der Waals surface area contributed by atoms with E-state index in [4.69, 9.17) is 0 Å². The fraction of sp³-hybridized carbons (Fsp3) is 0.600.